The summed E-state index contributed by atoms with van der Waals surface area (Å²) < 4.78 is 4.25. The Bertz CT molecular complexity index is 2840. The van der Waals surface area contributed by atoms with Crippen LogP contribution >= 0.6 is 15.8 Å². The Morgan fingerprint density at radius 2 is 0.641 bits per heavy atom. The van der Waals surface area contributed by atoms with Crippen LogP contribution in [0.15, 0.2) is 206 Å². The molecule has 0 saturated heterocycles. The summed E-state index contributed by atoms with van der Waals surface area (Å²) in [6.45, 7) is 0. The number of hydrogen-bond acceptors (Lipinski definition) is 0. The van der Waals surface area contributed by atoms with Crippen molar-refractivity contribution in [2.24, 2.45) is 14.1 Å². The summed E-state index contributed by atoms with van der Waals surface area (Å²) in [6, 6.07) is 73.2. The van der Waals surface area contributed by atoms with Crippen LogP contribution in [0.25, 0.3) is 43.6 Å². The number of hydrogen-bond donors (Lipinski definition) is 0. The maximum absolute atomic E-state index is 7.33. The van der Waals surface area contributed by atoms with E-state index in [1.165, 1.54) is 79.0 Å². The second-order valence-corrected chi connectivity index (χ2v) is 20.7. The van der Waals surface area contributed by atoms with Crippen LogP contribution in [0.4, 0.5) is 0 Å². The van der Waals surface area contributed by atoms with E-state index in [4.69, 9.17) is 12.8 Å². The fourth-order valence-corrected chi connectivity index (χ4v) is 14.2. The number of fused-ring (bicyclic) bond motifs is 6. The van der Waals surface area contributed by atoms with Crippen molar-refractivity contribution in [3.05, 3.63) is 230 Å². The predicted octanol–water partition coefficient (Wildman–Crippen LogP) is 12.0. The first-order valence-electron chi connectivity index (χ1n) is 21.3. The number of para-hydroxylation sites is 4. The molecule has 2 aromatic heterocycles. The van der Waals surface area contributed by atoms with Crippen LogP contribution in [0.3, 0.4) is 0 Å². The molecule has 10 aromatic rings. The molecule has 0 bridgehead atoms. The number of nitrogens with zero attached hydrogens (tertiary/aromatic N) is 2. The molecular weight excluding hydrogens is 1180 g/mol. The van der Waals surface area contributed by atoms with E-state index in [1.807, 2.05) is 62.6 Å². The molecular formula is C58H50Au2N2P2+2. The third kappa shape index (κ3) is 10.8. The normalized spacial score (nSPS) is 10.6. The molecule has 0 aliphatic carbocycles. The monoisotopic (exact) mass is 1230 g/mol. The molecule has 2 heterocycles. The second kappa shape index (κ2) is 23.7. The number of unbranched alkanes of at least 4 members (excludes halogenated alkanes) is 1. The van der Waals surface area contributed by atoms with Crippen LogP contribution in [-0.2, 0) is 58.9 Å². The van der Waals surface area contributed by atoms with E-state index < -0.39 is 15.8 Å². The third-order valence-corrected chi connectivity index (χ3v) is 17.5. The van der Waals surface area contributed by atoms with Gasteiger partial charge in [-0.15, -0.1) is 23.3 Å². The van der Waals surface area contributed by atoms with Crippen molar-refractivity contribution >= 4 is 80.7 Å². The molecule has 2 nitrogen and oxygen atoms in total. The first kappa shape index (κ1) is 48.3. The topological polar surface area (TPSA) is 9.86 Å². The van der Waals surface area contributed by atoms with Gasteiger partial charge in [-0.1, -0.05) is 133 Å². The molecule has 0 unspecified atom stereocenters. The minimum atomic E-state index is -0.714. The third-order valence-electron chi connectivity index (χ3n) is 11.7. The average molecular weight is 1230 g/mol. The van der Waals surface area contributed by atoms with Gasteiger partial charge in [0, 0.05) is 35.9 Å². The van der Waals surface area contributed by atoms with E-state index in [0.29, 0.717) is 0 Å². The zero-order valence-electron chi connectivity index (χ0n) is 36.0. The Morgan fingerprint density at radius 1 is 0.359 bits per heavy atom. The fraction of sp³-hybridized carbons (Fsp3) is 0.103. The summed E-state index contributed by atoms with van der Waals surface area (Å²) >= 11 is 0. The molecule has 0 aliphatic rings. The van der Waals surface area contributed by atoms with Gasteiger partial charge in [0.15, 0.2) is 0 Å². The predicted molar refractivity (Wildman–Crippen MR) is 273 cm³/mol. The van der Waals surface area contributed by atoms with Crippen LogP contribution in [0.5, 0.6) is 0 Å². The summed E-state index contributed by atoms with van der Waals surface area (Å²) in [4.78, 5) is 0. The van der Waals surface area contributed by atoms with Gasteiger partial charge in [0.25, 0.3) is 0 Å². The number of aromatic nitrogens is 2. The average Bonchev–Trinajstić information content (AvgIpc) is 3.81. The maximum atomic E-state index is 7.33. The van der Waals surface area contributed by atoms with Gasteiger partial charge in [0.2, 0.25) is 0 Å². The quantitative estimate of drug-likeness (QED) is 0.0448. The first-order valence-corrected chi connectivity index (χ1v) is 24.7. The Balaban J connectivity index is 0.000000170. The molecule has 0 amide bonds. The van der Waals surface area contributed by atoms with E-state index in [1.54, 1.807) is 0 Å². The zero-order valence-corrected chi connectivity index (χ0v) is 42.3. The zero-order chi connectivity index (χ0) is 42.7. The first-order chi connectivity index (χ1) is 30.6. The summed E-state index contributed by atoms with van der Waals surface area (Å²) in [6.07, 6.45) is 19.9. The van der Waals surface area contributed by atoms with Crippen LogP contribution in [0.1, 0.15) is 24.0 Å². The number of rotatable bonds is 9. The largest absolute Gasteiger partial charge is 1.00 e. The second-order valence-electron chi connectivity index (χ2n) is 15.4. The van der Waals surface area contributed by atoms with Crippen molar-refractivity contribution in [2.45, 2.75) is 12.8 Å². The van der Waals surface area contributed by atoms with E-state index in [0.717, 1.165) is 22.2 Å². The maximum Gasteiger partial charge on any atom is 1.00 e. The van der Waals surface area contributed by atoms with Gasteiger partial charge in [0.1, 0.15) is 0 Å². The summed E-state index contributed by atoms with van der Waals surface area (Å²) in [7, 11) is 2.64. The molecule has 0 fully saturated rings. The van der Waals surface area contributed by atoms with Crippen molar-refractivity contribution in [1.29, 1.82) is 0 Å². The van der Waals surface area contributed by atoms with E-state index >= 15 is 0 Å². The van der Waals surface area contributed by atoms with Crippen LogP contribution in [-0.4, -0.2) is 21.5 Å². The standard InChI is InChI=1S/C28H28P2.2C15H10N.2Au/c1-5-15-25(16-6-1)29(26-17-7-2-8-18-26)23-13-14-24-30(27-19-9-3-10-20-27)28-21-11-4-12-22-28;2*1-3-11-7-6-9-13-12-8-4-5-10-14(12)16(2)15(11)13;;/h1-12,15-22H,13-14,23-24H2;2*4-10H,2H3;;/q;2*-1;2*+1/p+2. The molecule has 6 heteroatoms. The number of benzene rings is 8. The van der Waals surface area contributed by atoms with Crippen LogP contribution < -0.4 is 21.2 Å². The molecule has 8 aromatic carbocycles. The van der Waals surface area contributed by atoms with E-state index in [2.05, 4.69) is 179 Å². The molecule has 0 spiro atoms. The van der Waals surface area contributed by atoms with Gasteiger partial charge >= 0.3 is 44.8 Å². The Kier molecular flexibility index (Phi) is 17.9. The smallest absolute Gasteiger partial charge is 0.366 e. The van der Waals surface area contributed by atoms with Gasteiger partial charge < -0.3 is 22.0 Å². The van der Waals surface area contributed by atoms with Crippen molar-refractivity contribution in [3.63, 3.8) is 0 Å². The molecule has 0 aliphatic heterocycles. The molecule has 322 valence electrons. The van der Waals surface area contributed by atoms with Gasteiger partial charge in [-0.25, -0.2) is 0 Å². The summed E-state index contributed by atoms with van der Waals surface area (Å²) in [5, 5.41) is 11.0. The molecule has 0 saturated carbocycles. The minimum Gasteiger partial charge on any atom is -0.366 e. The van der Waals surface area contributed by atoms with E-state index in [-0.39, 0.29) is 44.8 Å². The Hall–Kier alpha value is -5.18. The fourth-order valence-electron chi connectivity index (χ4n) is 8.75. The van der Waals surface area contributed by atoms with Crippen molar-refractivity contribution in [3.8, 4) is 11.8 Å². The van der Waals surface area contributed by atoms with Crippen LogP contribution in [0.2, 0.25) is 0 Å². The van der Waals surface area contributed by atoms with Crippen LogP contribution in [0, 0.1) is 24.7 Å². The summed E-state index contributed by atoms with van der Waals surface area (Å²) in [5.41, 5.74) is 6.24. The molecule has 0 atom stereocenters. The molecule has 0 N–H and O–H groups in total. The minimum absolute atomic E-state index is 0. The molecule has 0 radical (unpaired) electrons. The van der Waals surface area contributed by atoms with Crippen molar-refractivity contribution in [1.82, 2.24) is 9.13 Å². The summed E-state index contributed by atoms with van der Waals surface area (Å²) in [5.74, 6) is 5.00. The number of aryl methyl sites for hydroxylation is 2. The van der Waals surface area contributed by atoms with Gasteiger partial charge in [-0.3, -0.25) is 11.8 Å². The van der Waals surface area contributed by atoms with E-state index in [9.17, 15) is 0 Å². The molecule has 10 rings (SSSR count). The van der Waals surface area contributed by atoms with Crippen molar-refractivity contribution in [2.75, 3.05) is 12.3 Å². The Morgan fingerprint density at radius 3 is 0.953 bits per heavy atom. The van der Waals surface area contributed by atoms with Gasteiger partial charge in [-0.05, 0) is 95.3 Å². The SMILES string of the molecule is [Au+].[Au+].[C-]#Cc1cccc2c3ccccc3n(C)c12.[C-]#Cc1cccc2c3ccccc3n(C)c12.c1ccc([PH+](CCCC[PH+](c2ccccc2)c2ccccc2)c2ccccc2)cc1. The van der Waals surface area contributed by atoms with Crippen molar-refractivity contribution < 1.29 is 44.8 Å². The van der Waals surface area contributed by atoms with Gasteiger partial charge in [0.05, 0.1) is 49.4 Å². The molecule has 64 heavy (non-hydrogen) atoms. The van der Waals surface area contributed by atoms with Gasteiger partial charge in [-0.2, -0.15) is 0 Å². The Labute approximate surface area is 412 Å².